The highest BCUT2D eigenvalue weighted by atomic mass is 28.3. The van der Waals surface area contributed by atoms with Crippen molar-refractivity contribution in [2.45, 2.75) is 58.9 Å². The number of benzene rings is 2. The SMILES string of the molecule is C[Si](C)(C)C1=C(c2c(F)c(F)c(C#Cc3ccccc3)c(F)c2F)C([Si](C)(C)C)=C1[Si](C)(C)C. The van der Waals surface area contributed by atoms with Gasteiger partial charge in [-0.15, -0.1) is 0 Å². The summed E-state index contributed by atoms with van der Waals surface area (Å²) in [4.78, 5) is 0. The van der Waals surface area contributed by atoms with E-state index in [0.29, 0.717) is 11.1 Å². The molecule has 0 saturated heterocycles. The Morgan fingerprint density at radius 2 is 0.971 bits per heavy atom. The molecule has 2 aromatic carbocycles. The third-order valence-corrected chi connectivity index (χ3v) is 12.4. The molecule has 0 unspecified atom stereocenters. The standard InChI is InChI=1S/C27H32F4Si3/c1-32(2,3)25-20(26(33(4,5)6)27(25)34(7,8)9)19-23(30)21(28)18(22(29)24(19)31)16-15-17-13-11-10-12-14-17/h10-14H,1-9H3. The minimum atomic E-state index is -2.09. The van der Waals surface area contributed by atoms with E-state index in [1.165, 1.54) is 5.20 Å². The Morgan fingerprint density at radius 1 is 0.529 bits per heavy atom. The average Bonchev–Trinajstić information content (AvgIpc) is 2.66. The van der Waals surface area contributed by atoms with E-state index in [9.17, 15) is 0 Å². The van der Waals surface area contributed by atoms with Gasteiger partial charge in [0.2, 0.25) is 0 Å². The Hall–Kier alpha value is -2.15. The maximum absolute atomic E-state index is 15.6. The zero-order valence-corrected chi connectivity index (χ0v) is 24.4. The monoisotopic (exact) mass is 516 g/mol. The van der Waals surface area contributed by atoms with Crippen LogP contribution >= 0.6 is 0 Å². The molecular weight excluding hydrogens is 485 g/mol. The Labute approximate surface area is 203 Å². The van der Waals surface area contributed by atoms with Gasteiger partial charge in [-0.25, -0.2) is 17.6 Å². The second-order valence-electron chi connectivity index (χ2n) is 11.9. The van der Waals surface area contributed by atoms with Gasteiger partial charge in [0.15, 0.2) is 23.3 Å². The summed E-state index contributed by atoms with van der Waals surface area (Å²) in [5, 5.41) is 3.17. The topological polar surface area (TPSA) is 0 Å². The van der Waals surface area contributed by atoms with E-state index in [2.05, 4.69) is 70.8 Å². The van der Waals surface area contributed by atoms with Gasteiger partial charge in [-0.2, -0.15) is 0 Å². The van der Waals surface area contributed by atoms with Crippen molar-refractivity contribution in [2.24, 2.45) is 0 Å². The highest BCUT2D eigenvalue weighted by Crippen LogP contribution is 2.54. The van der Waals surface area contributed by atoms with Crippen molar-refractivity contribution in [3.05, 3.63) is 85.9 Å². The van der Waals surface area contributed by atoms with Crippen LogP contribution in [0.25, 0.3) is 5.57 Å². The fraction of sp³-hybridized carbons (Fsp3) is 0.333. The van der Waals surface area contributed by atoms with Crippen LogP contribution in [0.2, 0.25) is 58.9 Å². The summed E-state index contributed by atoms with van der Waals surface area (Å²) in [6, 6.07) is 8.55. The van der Waals surface area contributed by atoms with Gasteiger partial charge in [0.25, 0.3) is 0 Å². The minimum absolute atomic E-state index is 0.422. The van der Waals surface area contributed by atoms with E-state index in [4.69, 9.17) is 0 Å². The fourth-order valence-corrected chi connectivity index (χ4v) is 14.8. The number of hydrogen-bond acceptors (Lipinski definition) is 0. The lowest BCUT2D eigenvalue weighted by Gasteiger charge is -2.47. The van der Waals surface area contributed by atoms with Crippen molar-refractivity contribution in [2.75, 3.05) is 0 Å². The Kier molecular flexibility index (Phi) is 6.86. The lowest BCUT2D eigenvalue weighted by molar-refractivity contribution is 0.447. The van der Waals surface area contributed by atoms with Crippen LogP contribution in [0, 0.1) is 35.1 Å². The molecule has 180 valence electrons. The van der Waals surface area contributed by atoms with E-state index in [1.54, 1.807) is 30.3 Å². The van der Waals surface area contributed by atoms with E-state index in [-0.39, 0.29) is 0 Å². The zero-order valence-electron chi connectivity index (χ0n) is 21.4. The highest BCUT2D eigenvalue weighted by Gasteiger charge is 2.48. The summed E-state index contributed by atoms with van der Waals surface area (Å²) in [5.41, 5.74) is -0.512. The first-order valence-electron chi connectivity index (χ1n) is 11.4. The molecule has 1 aliphatic rings. The van der Waals surface area contributed by atoms with Crippen LogP contribution in [0.5, 0.6) is 0 Å². The van der Waals surface area contributed by atoms with Crippen LogP contribution in [-0.4, -0.2) is 24.2 Å². The van der Waals surface area contributed by atoms with Gasteiger partial charge in [0.05, 0.1) is 29.8 Å². The summed E-state index contributed by atoms with van der Waals surface area (Å²) < 4.78 is 61.6. The summed E-state index contributed by atoms with van der Waals surface area (Å²) in [6.07, 6.45) is 0. The lowest BCUT2D eigenvalue weighted by Crippen LogP contribution is -2.47. The third-order valence-electron chi connectivity index (χ3n) is 5.87. The summed E-state index contributed by atoms with van der Waals surface area (Å²) in [7, 11) is -6.07. The molecule has 0 bridgehead atoms. The van der Waals surface area contributed by atoms with Crippen molar-refractivity contribution >= 4 is 29.8 Å². The van der Waals surface area contributed by atoms with Gasteiger partial charge < -0.3 is 0 Å². The molecule has 34 heavy (non-hydrogen) atoms. The van der Waals surface area contributed by atoms with Crippen molar-refractivity contribution < 1.29 is 17.6 Å². The second-order valence-corrected chi connectivity index (χ2v) is 26.9. The van der Waals surface area contributed by atoms with Crippen molar-refractivity contribution in [1.82, 2.24) is 0 Å². The molecule has 0 aliphatic heterocycles. The van der Waals surface area contributed by atoms with Crippen LogP contribution in [0.1, 0.15) is 16.7 Å². The second kappa shape index (κ2) is 8.81. The van der Waals surface area contributed by atoms with Gasteiger partial charge in [0.1, 0.15) is 5.56 Å². The van der Waals surface area contributed by atoms with E-state index in [1.807, 2.05) is 0 Å². The average molecular weight is 517 g/mol. The van der Waals surface area contributed by atoms with Crippen LogP contribution in [-0.2, 0) is 0 Å². The zero-order chi connectivity index (χ0) is 25.8. The smallest absolute Gasteiger partial charge is 0.178 e. The quantitative estimate of drug-likeness (QED) is 0.166. The van der Waals surface area contributed by atoms with E-state index < -0.39 is 58.6 Å². The normalized spacial score (nSPS) is 14.7. The minimum Gasteiger partial charge on any atom is -0.203 e. The summed E-state index contributed by atoms with van der Waals surface area (Å²) in [6.45, 7) is 19.4. The van der Waals surface area contributed by atoms with Gasteiger partial charge in [0, 0.05) is 5.56 Å². The molecule has 7 heteroatoms. The molecule has 0 radical (unpaired) electrons. The molecule has 0 spiro atoms. The largest absolute Gasteiger partial charge is 0.203 e. The molecule has 0 saturated carbocycles. The number of rotatable bonds is 4. The van der Waals surface area contributed by atoms with Gasteiger partial charge in [-0.3, -0.25) is 0 Å². The maximum atomic E-state index is 15.6. The van der Waals surface area contributed by atoms with Crippen LogP contribution in [0.15, 0.2) is 45.9 Å². The number of halogens is 4. The number of hydrogen-bond donors (Lipinski definition) is 0. The van der Waals surface area contributed by atoms with E-state index >= 15 is 17.6 Å². The molecule has 0 heterocycles. The maximum Gasteiger partial charge on any atom is 0.178 e. The molecule has 0 amide bonds. The molecule has 3 rings (SSSR count). The lowest BCUT2D eigenvalue weighted by atomic mass is 9.94. The van der Waals surface area contributed by atoms with Crippen molar-refractivity contribution in [3.63, 3.8) is 0 Å². The third kappa shape index (κ3) is 4.68. The molecule has 0 N–H and O–H groups in total. The van der Waals surface area contributed by atoms with E-state index in [0.717, 1.165) is 10.4 Å². The molecular formula is C27H32F4Si3. The van der Waals surface area contributed by atoms with Gasteiger partial charge >= 0.3 is 0 Å². The van der Waals surface area contributed by atoms with Gasteiger partial charge in [-0.1, -0.05) is 105 Å². The highest BCUT2D eigenvalue weighted by molar-refractivity contribution is 6.99. The predicted octanol–water partition coefficient (Wildman–Crippen LogP) is 8.34. The molecule has 0 fully saturated rings. The first-order chi connectivity index (χ1) is 15.5. The predicted molar refractivity (Wildman–Crippen MR) is 143 cm³/mol. The summed E-state index contributed by atoms with van der Waals surface area (Å²) in [5.74, 6) is -0.662. The fourth-order valence-electron chi connectivity index (χ4n) is 4.55. The Balaban J connectivity index is 2.34. The van der Waals surface area contributed by atoms with Crippen molar-refractivity contribution in [1.29, 1.82) is 0 Å². The molecule has 0 nitrogen and oxygen atoms in total. The molecule has 0 aromatic heterocycles. The van der Waals surface area contributed by atoms with Crippen molar-refractivity contribution in [3.8, 4) is 11.8 Å². The van der Waals surface area contributed by atoms with Crippen LogP contribution < -0.4 is 0 Å². The summed E-state index contributed by atoms with van der Waals surface area (Å²) >= 11 is 0. The van der Waals surface area contributed by atoms with Crippen LogP contribution in [0.3, 0.4) is 0 Å². The van der Waals surface area contributed by atoms with Gasteiger partial charge in [-0.05, 0) is 17.7 Å². The molecule has 2 aromatic rings. The Morgan fingerprint density at radius 3 is 1.38 bits per heavy atom. The Bertz CT molecular complexity index is 1250. The molecule has 0 atom stereocenters. The molecule has 1 aliphatic carbocycles. The van der Waals surface area contributed by atoms with Crippen LogP contribution in [0.4, 0.5) is 17.6 Å². The number of allylic oxidation sites excluding steroid dienone is 4. The first kappa shape index (κ1) is 26.5. The first-order valence-corrected chi connectivity index (χ1v) is 21.9.